The van der Waals surface area contributed by atoms with Crippen LogP contribution in [-0.4, -0.2) is 0 Å². The molecule has 0 amide bonds. The number of nitrogens with zero attached hydrogens (tertiary/aromatic N) is 3. The average molecular weight is 1150 g/mol. The Morgan fingerprint density at radius 2 is 0.607 bits per heavy atom. The first-order valence-electron chi connectivity index (χ1n) is 31.6. The van der Waals surface area contributed by atoms with Gasteiger partial charge in [-0.2, -0.15) is 0 Å². The maximum Gasteiger partial charge on any atom is 0.137 e. The highest BCUT2D eigenvalue weighted by atomic mass is 16.3. The number of para-hydroxylation sites is 4. The van der Waals surface area contributed by atoms with Crippen molar-refractivity contribution < 1.29 is 8.83 Å². The number of hydrogen-bond acceptors (Lipinski definition) is 5. The highest BCUT2D eigenvalue weighted by Crippen LogP contribution is 2.61. The Kier molecular flexibility index (Phi) is 13.0. The molecular weight excluding hydrogens is 1080 g/mol. The number of fused-ring (bicyclic) bond motifs is 8. The van der Waals surface area contributed by atoms with Crippen molar-refractivity contribution in [3.63, 3.8) is 0 Å². The van der Waals surface area contributed by atoms with Crippen molar-refractivity contribution in [3.05, 3.63) is 309 Å². The molecular formula is C84H65N3O2. The van der Waals surface area contributed by atoms with E-state index in [1.807, 2.05) is 12.1 Å². The van der Waals surface area contributed by atoms with Gasteiger partial charge in [-0.3, -0.25) is 0 Å². The third-order valence-corrected chi connectivity index (χ3v) is 19.6. The van der Waals surface area contributed by atoms with Crippen LogP contribution in [-0.2, 0) is 5.41 Å². The van der Waals surface area contributed by atoms with Crippen molar-refractivity contribution in [1.82, 2.24) is 0 Å². The normalized spacial score (nSPS) is 17.6. The molecule has 0 saturated heterocycles. The third-order valence-electron chi connectivity index (χ3n) is 19.6. The summed E-state index contributed by atoms with van der Waals surface area (Å²) in [5, 5.41) is 9.51. The van der Waals surface area contributed by atoms with E-state index in [0.717, 1.165) is 107 Å². The molecule has 15 aromatic rings. The summed E-state index contributed by atoms with van der Waals surface area (Å²) < 4.78 is 12.7. The van der Waals surface area contributed by atoms with Crippen molar-refractivity contribution in [1.29, 1.82) is 0 Å². The first kappa shape index (κ1) is 52.7. The van der Waals surface area contributed by atoms with E-state index in [4.69, 9.17) is 8.83 Å². The van der Waals surface area contributed by atoms with Crippen molar-refractivity contribution in [2.45, 2.75) is 43.9 Å². The lowest BCUT2D eigenvalue weighted by Gasteiger charge is -2.57. The number of rotatable bonds is 11. The van der Waals surface area contributed by atoms with Crippen molar-refractivity contribution in [2.24, 2.45) is 17.8 Å². The zero-order valence-electron chi connectivity index (χ0n) is 49.5. The molecule has 0 unspecified atom stereocenters. The Morgan fingerprint density at radius 1 is 0.258 bits per heavy atom. The van der Waals surface area contributed by atoms with Gasteiger partial charge in [0, 0.05) is 84.3 Å². The summed E-state index contributed by atoms with van der Waals surface area (Å²) in [5.41, 5.74) is 18.1. The van der Waals surface area contributed by atoms with Crippen molar-refractivity contribution >= 4 is 117 Å². The molecule has 0 radical (unpaired) electrons. The Bertz CT molecular complexity index is 4760. The molecule has 4 aliphatic carbocycles. The molecule has 4 aliphatic rings. The van der Waals surface area contributed by atoms with E-state index in [0.29, 0.717) is 5.41 Å². The minimum absolute atomic E-state index is 0.335. The maximum absolute atomic E-state index is 6.37. The summed E-state index contributed by atoms with van der Waals surface area (Å²) in [7, 11) is 0. The van der Waals surface area contributed by atoms with Crippen LogP contribution in [0.25, 0.3) is 76.5 Å². The Morgan fingerprint density at radius 3 is 1.08 bits per heavy atom. The SMILES string of the molecule is c1cc(N(c2ccc3c(c2)oc2ccccc23)c2ccc3c(c2)oc2ccccc23)cc(C23CC4CC(CC(C4)C2)C3)c1.c1ccc(N(c2ccc(-c3ccc(N(c4ccccc4)c4cccc5ccccc45)cc3)cc2)c2cccc3ccccc23)cc1. The van der Waals surface area contributed by atoms with Crippen LogP contribution in [0.4, 0.5) is 51.2 Å². The number of benzene rings is 13. The molecule has 5 nitrogen and oxygen atoms in total. The van der Waals surface area contributed by atoms with Gasteiger partial charge < -0.3 is 23.5 Å². The molecule has 4 bridgehead atoms. The van der Waals surface area contributed by atoms with Crippen LogP contribution in [0.3, 0.4) is 0 Å². The van der Waals surface area contributed by atoms with Crippen LogP contribution < -0.4 is 14.7 Å². The fraction of sp³-hybridized carbons (Fsp3) is 0.119. The molecule has 19 rings (SSSR count). The highest BCUT2D eigenvalue weighted by Gasteiger charge is 2.51. The lowest BCUT2D eigenvalue weighted by atomic mass is 9.48. The summed E-state index contributed by atoms with van der Waals surface area (Å²) in [6.07, 6.45) is 8.45. The van der Waals surface area contributed by atoms with E-state index >= 15 is 0 Å². The molecule has 428 valence electrons. The van der Waals surface area contributed by atoms with Gasteiger partial charge in [-0.1, -0.05) is 182 Å². The largest absolute Gasteiger partial charge is 0.456 e. The number of anilines is 9. The van der Waals surface area contributed by atoms with E-state index in [-0.39, 0.29) is 0 Å². The van der Waals surface area contributed by atoms with Gasteiger partial charge in [-0.15, -0.1) is 0 Å². The molecule has 0 aliphatic heterocycles. The second-order valence-corrected chi connectivity index (χ2v) is 25.1. The van der Waals surface area contributed by atoms with Crippen LogP contribution in [0, 0.1) is 17.8 Å². The molecule has 0 N–H and O–H groups in total. The molecule has 5 heteroatoms. The van der Waals surface area contributed by atoms with Crippen molar-refractivity contribution in [2.75, 3.05) is 14.7 Å². The van der Waals surface area contributed by atoms with Crippen LogP contribution in [0.15, 0.2) is 312 Å². The number of hydrogen-bond donors (Lipinski definition) is 0. The Balaban J connectivity index is 0.000000138. The van der Waals surface area contributed by atoms with E-state index in [1.54, 1.807) is 0 Å². The van der Waals surface area contributed by atoms with Gasteiger partial charge in [0.05, 0.1) is 11.4 Å². The smallest absolute Gasteiger partial charge is 0.137 e. The Hall–Kier alpha value is -10.6. The predicted molar refractivity (Wildman–Crippen MR) is 372 cm³/mol. The molecule has 0 atom stereocenters. The summed E-state index contributed by atoms with van der Waals surface area (Å²) in [4.78, 5) is 7.08. The second-order valence-electron chi connectivity index (χ2n) is 25.1. The topological polar surface area (TPSA) is 36.0 Å². The predicted octanol–water partition coefficient (Wildman–Crippen LogP) is 24.0. The number of furan rings is 2. The first-order valence-corrected chi connectivity index (χ1v) is 31.6. The molecule has 2 aromatic heterocycles. The average Bonchev–Trinajstić information content (AvgIpc) is 1.85. The lowest BCUT2D eigenvalue weighted by molar-refractivity contribution is -0.00517. The summed E-state index contributed by atoms with van der Waals surface area (Å²) in [6.45, 7) is 0. The van der Waals surface area contributed by atoms with Crippen LogP contribution in [0.2, 0.25) is 0 Å². The quantitative estimate of drug-likeness (QED) is 0.129. The maximum atomic E-state index is 6.37. The van der Waals surface area contributed by atoms with E-state index in [9.17, 15) is 0 Å². The second kappa shape index (κ2) is 22.0. The van der Waals surface area contributed by atoms with Gasteiger partial charge in [-0.05, 0) is 198 Å². The zero-order chi connectivity index (χ0) is 58.8. The molecule has 13 aromatic carbocycles. The molecule has 0 spiro atoms. The summed E-state index contributed by atoms with van der Waals surface area (Å²) in [6, 6.07) is 109. The van der Waals surface area contributed by atoms with Gasteiger partial charge in [0.15, 0.2) is 0 Å². The monoisotopic (exact) mass is 1150 g/mol. The Labute approximate surface area is 518 Å². The molecule has 2 heterocycles. The minimum atomic E-state index is 0.335. The van der Waals surface area contributed by atoms with E-state index in [1.165, 1.54) is 82.4 Å². The van der Waals surface area contributed by atoms with Crippen LogP contribution in [0.1, 0.15) is 44.1 Å². The lowest BCUT2D eigenvalue weighted by Crippen LogP contribution is -2.48. The van der Waals surface area contributed by atoms with Crippen LogP contribution >= 0.6 is 0 Å². The van der Waals surface area contributed by atoms with Gasteiger partial charge in [0.25, 0.3) is 0 Å². The van der Waals surface area contributed by atoms with Gasteiger partial charge in [-0.25, -0.2) is 0 Å². The van der Waals surface area contributed by atoms with Gasteiger partial charge in [0.2, 0.25) is 0 Å². The third kappa shape index (κ3) is 9.57. The van der Waals surface area contributed by atoms with Gasteiger partial charge in [0.1, 0.15) is 22.3 Å². The molecule has 89 heavy (non-hydrogen) atoms. The van der Waals surface area contributed by atoms with E-state index < -0.39 is 0 Å². The fourth-order valence-electron chi connectivity index (χ4n) is 16.0. The van der Waals surface area contributed by atoms with E-state index in [2.05, 4.69) is 306 Å². The fourth-order valence-corrected chi connectivity index (χ4v) is 16.0. The van der Waals surface area contributed by atoms with Crippen molar-refractivity contribution in [3.8, 4) is 11.1 Å². The first-order chi connectivity index (χ1) is 44.0. The molecule has 4 fully saturated rings. The summed E-state index contributed by atoms with van der Waals surface area (Å²) in [5.74, 6) is 2.74. The minimum Gasteiger partial charge on any atom is -0.456 e. The van der Waals surface area contributed by atoms with Crippen LogP contribution in [0.5, 0.6) is 0 Å². The zero-order valence-corrected chi connectivity index (χ0v) is 49.5. The van der Waals surface area contributed by atoms with Gasteiger partial charge >= 0.3 is 0 Å². The molecule has 4 saturated carbocycles. The standard InChI is InChI=1S/C44H32N2.C40H33NO2/c1-3-17-37(18-4-1)45(43-23-11-15-35-13-7-9-21-41(35)43)39-29-25-33(26-30-39)34-27-31-40(32-28-34)46(38-19-5-2-6-20-38)44-24-12-16-36-14-8-10-22-42(36)44;1-3-10-36-32(8-1)34-14-12-30(20-38(34)42-36)41(31-13-15-35-33-9-2-4-11-37(33)43-39(35)21-31)29-7-5-6-28(19-29)40-22-25-16-26(23-40)18-27(17-25)24-40/h1-32H;1-15,19-21,25-27H,16-18,22-24H2. The summed E-state index contributed by atoms with van der Waals surface area (Å²) >= 11 is 0. The highest BCUT2D eigenvalue weighted by molar-refractivity contribution is 6.08.